The number of nitrogens with zero attached hydrogens (tertiary/aromatic N) is 5. The second-order valence-electron chi connectivity index (χ2n) is 5.12. The number of rotatable bonds is 4. The summed E-state index contributed by atoms with van der Waals surface area (Å²) in [5.41, 5.74) is 2.58. The summed E-state index contributed by atoms with van der Waals surface area (Å²) in [6.07, 6.45) is 1.52. The predicted molar refractivity (Wildman–Crippen MR) is 89.0 cm³/mol. The van der Waals surface area contributed by atoms with Gasteiger partial charge in [-0.05, 0) is 23.6 Å². The number of benzene rings is 1. The highest BCUT2D eigenvalue weighted by atomic mass is 32.1. The van der Waals surface area contributed by atoms with Crippen molar-refractivity contribution in [1.82, 2.24) is 24.9 Å². The van der Waals surface area contributed by atoms with E-state index in [0.717, 1.165) is 27.4 Å². The number of aryl methyl sites for hydroxylation is 1. The molecule has 1 N–H and O–H groups in total. The molecule has 4 rings (SSSR count). The van der Waals surface area contributed by atoms with E-state index in [-0.39, 0.29) is 6.61 Å². The molecule has 120 valence electrons. The monoisotopic (exact) mass is 339 g/mol. The Kier molecular flexibility index (Phi) is 3.68. The normalized spacial score (nSPS) is 11.1. The van der Waals surface area contributed by atoms with E-state index in [4.69, 9.17) is 4.52 Å². The van der Waals surface area contributed by atoms with Gasteiger partial charge >= 0.3 is 0 Å². The van der Waals surface area contributed by atoms with Crippen LogP contribution >= 0.6 is 11.3 Å². The van der Waals surface area contributed by atoms with Crippen molar-refractivity contribution in [2.75, 3.05) is 0 Å². The fourth-order valence-electron chi connectivity index (χ4n) is 2.43. The van der Waals surface area contributed by atoms with Crippen molar-refractivity contribution in [3.63, 3.8) is 0 Å². The maximum Gasteiger partial charge on any atom is 0.258 e. The van der Waals surface area contributed by atoms with Gasteiger partial charge in [-0.1, -0.05) is 17.3 Å². The molecule has 0 aliphatic rings. The molecule has 0 spiro atoms. The van der Waals surface area contributed by atoms with Crippen molar-refractivity contribution in [3.8, 4) is 34.2 Å². The van der Waals surface area contributed by atoms with Crippen molar-refractivity contribution < 1.29 is 9.63 Å². The maximum absolute atomic E-state index is 9.35. The number of aromatic nitrogens is 5. The Hall–Kier alpha value is -2.84. The quantitative estimate of drug-likeness (QED) is 0.615. The van der Waals surface area contributed by atoms with Crippen LogP contribution in [0.3, 0.4) is 0 Å². The van der Waals surface area contributed by atoms with E-state index in [1.165, 1.54) is 17.7 Å². The topological polar surface area (TPSA) is 89.9 Å². The van der Waals surface area contributed by atoms with Crippen molar-refractivity contribution in [3.05, 3.63) is 46.9 Å². The fraction of sp³-hybridized carbons (Fsp3) is 0.125. The summed E-state index contributed by atoms with van der Waals surface area (Å²) >= 11 is 1.46. The number of hydrogen-bond donors (Lipinski definition) is 1. The zero-order valence-electron chi connectivity index (χ0n) is 12.7. The first-order valence-corrected chi connectivity index (χ1v) is 8.10. The molecule has 0 saturated carbocycles. The van der Waals surface area contributed by atoms with E-state index in [1.54, 1.807) is 4.68 Å². The van der Waals surface area contributed by atoms with Crippen LogP contribution in [0.25, 0.3) is 34.2 Å². The van der Waals surface area contributed by atoms with Gasteiger partial charge in [-0.15, -0.1) is 11.3 Å². The highest BCUT2D eigenvalue weighted by Gasteiger charge is 2.15. The van der Waals surface area contributed by atoms with E-state index < -0.39 is 0 Å². The molecule has 8 heteroatoms. The molecule has 1 aromatic carbocycles. The van der Waals surface area contributed by atoms with Crippen LogP contribution in [0.4, 0.5) is 0 Å². The van der Waals surface area contributed by atoms with Gasteiger partial charge in [-0.2, -0.15) is 10.1 Å². The average Bonchev–Trinajstić information content (AvgIpc) is 3.34. The second-order valence-corrected chi connectivity index (χ2v) is 6.12. The molecule has 0 radical (unpaired) electrons. The van der Waals surface area contributed by atoms with E-state index in [9.17, 15) is 5.11 Å². The van der Waals surface area contributed by atoms with Gasteiger partial charge in [0.1, 0.15) is 6.33 Å². The molecule has 3 heterocycles. The molecule has 0 bridgehead atoms. The Balaban J connectivity index is 1.64. The third-order valence-corrected chi connectivity index (χ3v) is 4.56. The van der Waals surface area contributed by atoms with E-state index in [1.807, 2.05) is 42.8 Å². The molecule has 0 aliphatic heterocycles. The van der Waals surface area contributed by atoms with Crippen LogP contribution in [0.5, 0.6) is 0 Å². The molecule has 4 aromatic rings. The Morgan fingerprint density at radius 1 is 1.17 bits per heavy atom. The van der Waals surface area contributed by atoms with Crippen LogP contribution in [-0.2, 0) is 13.7 Å². The van der Waals surface area contributed by atoms with Crippen LogP contribution in [-0.4, -0.2) is 30.0 Å². The first kappa shape index (κ1) is 14.7. The van der Waals surface area contributed by atoms with Crippen LogP contribution in [0.15, 0.2) is 46.6 Å². The van der Waals surface area contributed by atoms with Crippen LogP contribution in [0.1, 0.15) is 4.88 Å². The number of thiophene rings is 1. The van der Waals surface area contributed by atoms with Gasteiger partial charge in [0.25, 0.3) is 5.89 Å². The van der Waals surface area contributed by atoms with Crippen molar-refractivity contribution in [2.24, 2.45) is 7.05 Å². The molecule has 0 amide bonds. The standard InChI is InChI=1S/C16H13N5O2S/c1-21-15(17-9-18-21)10-2-4-11(5-3-10)16-19-14(20-23-16)12-6-7-24-13(12)8-22/h2-7,9,22H,8H2,1H3. The lowest BCUT2D eigenvalue weighted by Gasteiger charge is -2.00. The van der Waals surface area contributed by atoms with Crippen LogP contribution < -0.4 is 0 Å². The van der Waals surface area contributed by atoms with Gasteiger partial charge in [-0.3, -0.25) is 0 Å². The first-order chi connectivity index (χ1) is 11.8. The third-order valence-electron chi connectivity index (χ3n) is 3.66. The maximum atomic E-state index is 9.35. The summed E-state index contributed by atoms with van der Waals surface area (Å²) in [6.45, 7) is -0.0384. The molecule has 0 atom stereocenters. The lowest BCUT2D eigenvalue weighted by Crippen LogP contribution is -1.94. The fourth-order valence-corrected chi connectivity index (χ4v) is 3.16. The highest BCUT2D eigenvalue weighted by molar-refractivity contribution is 7.10. The summed E-state index contributed by atoms with van der Waals surface area (Å²) in [7, 11) is 1.85. The minimum absolute atomic E-state index is 0.0384. The molecule has 0 unspecified atom stereocenters. The van der Waals surface area contributed by atoms with Crippen LogP contribution in [0, 0.1) is 0 Å². The molecular formula is C16H13N5O2S. The van der Waals surface area contributed by atoms with Crippen molar-refractivity contribution in [2.45, 2.75) is 6.61 Å². The van der Waals surface area contributed by atoms with Gasteiger partial charge in [0.05, 0.1) is 6.61 Å². The zero-order chi connectivity index (χ0) is 16.5. The zero-order valence-corrected chi connectivity index (χ0v) is 13.6. The molecular weight excluding hydrogens is 326 g/mol. The third kappa shape index (κ3) is 2.51. The molecule has 0 aliphatic carbocycles. The average molecular weight is 339 g/mol. The number of aliphatic hydroxyl groups excluding tert-OH is 1. The van der Waals surface area contributed by atoms with E-state index in [2.05, 4.69) is 20.2 Å². The van der Waals surface area contributed by atoms with Crippen molar-refractivity contribution in [1.29, 1.82) is 0 Å². The summed E-state index contributed by atoms with van der Waals surface area (Å²) in [5, 5.41) is 19.3. The Bertz CT molecular complexity index is 970. The Morgan fingerprint density at radius 3 is 2.67 bits per heavy atom. The summed E-state index contributed by atoms with van der Waals surface area (Å²) < 4.78 is 7.07. The minimum Gasteiger partial charge on any atom is -0.391 e. The smallest absolute Gasteiger partial charge is 0.258 e. The van der Waals surface area contributed by atoms with Gasteiger partial charge in [0.2, 0.25) is 5.82 Å². The van der Waals surface area contributed by atoms with Crippen molar-refractivity contribution >= 4 is 11.3 Å². The molecule has 3 aromatic heterocycles. The SMILES string of the molecule is Cn1ncnc1-c1ccc(-c2nc(-c3ccsc3CO)no2)cc1. The summed E-state index contributed by atoms with van der Waals surface area (Å²) in [5.74, 6) is 1.70. The number of hydrogen-bond acceptors (Lipinski definition) is 7. The summed E-state index contributed by atoms with van der Waals surface area (Å²) in [6, 6.07) is 9.56. The van der Waals surface area contributed by atoms with Gasteiger partial charge in [-0.25, -0.2) is 9.67 Å². The van der Waals surface area contributed by atoms with E-state index in [0.29, 0.717) is 11.7 Å². The molecule has 24 heavy (non-hydrogen) atoms. The highest BCUT2D eigenvalue weighted by Crippen LogP contribution is 2.29. The van der Waals surface area contributed by atoms with Gasteiger partial charge in [0, 0.05) is 28.6 Å². The minimum atomic E-state index is -0.0384. The lowest BCUT2D eigenvalue weighted by atomic mass is 10.1. The van der Waals surface area contributed by atoms with E-state index >= 15 is 0 Å². The summed E-state index contributed by atoms with van der Waals surface area (Å²) in [4.78, 5) is 9.47. The first-order valence-electron chi connectivity index (χ1n) is 7.22. The Labute approximate surface area is 141 Å². The lowest BCUT2D eigenvalue weighted by molar-refractivity contribution is 0.286. The molecule has 7 nitrogen and oxygen atoms in total. The molecule has 0 fully saturated rings. The van der Waals surface area contributed by atoms with Gasteiger partial charge in [0.15, 0.2) is 5.82 Å². The van der Waals surface area contributed by atoms with Gasteiger partial charge < -0.3 is 9.63 Å². The second kappa shape index (κ2) is 5.99. The molecule has 0 saturated heterocycles. The number of aliphatic hydroxyl groups is 1. The predicted octanol–water partition coefficient (Wildman–Crippen LogP) is 2.75. The largest absolute Gasteiger partial charge is 0.391 e. The Morgan fingerprint density at radius 2 is 1.96 bits per heavy atom. The van der Waals surface area contributed by atoms with Crippen LogP contribution in [0.2, 0.25) is 0 Å².